The molecule has 0 aromatic carbocycles. The van der Waals surface area contributed by atoms with E-state index in [0.717, 1.165) is 12.8 Å². The van der Waals surface area contributed by atoms with Crippen LogP contribution in [0.5, 0.6) is 5.75 Å². The van der Waals surface area contributed by atoms with E-state index >= 15 is 0 Å². The number of carbonyl (C=O) groups is 1. The lowest BCUT2D eigenvalue weighted by molar-refractivity contribution is 0.0519. The van der Waals surface area contributed by atoms with Gasteiger partial charge in [-0.2, -0.15) is 0 Å². The highest BCUT2D eigenvalue weighted by atomic mass is 16.5. The standard InChI is InChI=1S/C16H27N3O4/c1-6-9-18(5)14-13(20)12(16(22)23-7-2)15(21)19(17-14)10-8-11(3)4/h11,20H,6-10H2,1-5H3. The average molecular weight is 325 g/mol. The van der Waals surface area contributed by atoms with Crippen LogP contribution in [-0.4, -0.2) is 41.1 Å². The van der Waals surface area contributed by atoms with Gasteiger partial charge in [0, 0.05) is 20.1 Å². The van der Waals surface area contributed by atoms with Crippen molar-refractivity contribution in [2.24, 2.45) is 5.92 Å². The lowest BCUT2D eigenvalue weighted by atomic mass is 10.1. The molecule has 1 aromatic rings. The summed E-state index contributed by atoms with van der Waals surface area (Å²) in [5.41, 5.74) is -0.959. The van der Waals surface area contributed by atoms with Crippen molar-refractivity contribution >= 4 is 11.8 Å². The highest BCUT2D eigenvalue weighted by Crippen LogP contribution is 2.26. The summed E-state index contributed by atoms with van der Waals surface area (Å²) in [6.07, 6.45) is 1.59. The molecule has 0 saturated carbocycles. The van der Waals surface area contributed by atoms with Gasteiger partial charge in [-0.15, -0.1) is 5.10 Å². The lowest BCUT2D eigenvalue weighted by Crippen LogP contribution is -2.33. The van der Waals surface area contributed by atoms with Crippen LogP contribution < -0.4 is 10.5 Å². The second kappa shape index (κ2) is 8.55. The van der Waals surface area contributed by atoms with E-state index in [2.05, 4.69) is 5.10 Å². The molecule has 0 radical (unpaired) electrons. The molecule has 0 amide bonds. The number of anilines is 1. The van der Waals surface area contributed by atoms with E-state index in [1.807, 2.05) is 20.8 Å². The minimum Gasteiger partial charge on any atom is -0.503 e. The third-order valence-corrected chi connectivity index (χ3v) is 3.43. The molecule has 0 bridgehead atoms. The van der Waals surface area contributed by atoms with Gasteiger partial charge in [0.2, 0.25) is 0 Å². The predicted molar refractivity (Wildman–Crippen MR) is 89.1 cm³/mol. The maximum absolute atomic E-state index is 12.5. The Labute approximate surface area is 136 Å². The molecule has 0 atom stereocenters. The van der Waals surface area contributed by atoms with Gasteiger partial charge >= 0.3 is 5.97 Å². The zero-order chi connectivity index (χ0) is 17.6. The molecule has 0 saturated heterocycles. The van der Waals surface area contributed by atoms with Crippen molar-refractivity contribution in [3.63, 3.8) is 0 Å². The fourth-order valence-electron chi connectivity index (χ4n) is 2.17. The van der Waals surface area contributed by atoms with Gasteiger partial charge in [0.05, 0.1) is 6.61 Å². The molecule has 0 fully saturated rings. The summed E-state index contributed by atoms with van der Waals surface area (Å²) in [4.78, 5) is 26.3. The van der Waals surface area contributed by atoms with Crippen LogP contribution in [0.4, 0.5) is 5.82 Å². The van der Waals surface area contributed by atoms with Crippen LogP contribution in [0, 0.1) is 5.92 Å². The Morgan fingerprint density at radius 1 is 1.39 bits per heavy atom. The molecule has 1 rings (SSSR count). The first-order valence-corrected chi connectivity index (χ1v) is 8.05. The van der Waals surface area contributed by atoms with Crippen molar-refractivity contribution in [2.45, 2.75) is 47.1 Å². The Morgan fingerprint density at radius 3 is 2.57 bits per heavy atom. The summed E-state index contributed by atoms with van der Waals surface area (Å²) in [7, 11) is 1.76. The van der Waals surface area contributed by atoms with Crippen LogP contribution in [0.15, 0.2) is 4.79 Å². The molecule has 130 valence electrons. The minimum absolute atomic E-state index is 0.131. The molecular weight excluding hydrogens is 298 g/mol. The number of rotatable bonds is 8. The van der Waals surface area contributed by atoms with E-state index in [0.29, 0.717) is 19.0 Å². The number of aromatic nitrogens is 2. The normalized spacial score (nSPS) is 10.9. The number of nitrogens with zero attached hydrogens (tertiary/aromatic N) is 3. The summed E-state index contributed by atoms with van der Waals surface area (Å²) < 4.78 is 6.15. The second-order valence-corrected chi connectivity index (χ2v) is 5.90. The van der Waals surface area contributed by atoms with Crippen LogP contribution in [0.3, 0.4) is 0 Å². The molecule has 1 N–H and O–H groups in total. The molecule has 0 aliphatic heterocycles. The molecular formula is C16H27N3O4. The summed E-state index contributed by atoms with van der Waals surface area (Å²) >= 11 is 0. The van der Waals surface area contributed by atoms with Gasteiger partial charge in [0.25, 0.3) is 5.56 Å². The van der Waals surface area contributed by atoms with Crippen molar-refractivity contribution in [1.29, 1.82) is 0 Å². The van der Waals surface area contributed by atoms with E-state index in [1.165, 1.54) is 4.68 Å². The van der Waals surface area contributed by atoms with Crippen LogP contribution >= 0.6 is 0 Å². The predicted octanol–water partition coefficient (Wildman–Crippen LogP) is 2.02. The monoisotopic (exact) mass is 325 g/mol. The summed E-state index contributed by atoms with van der Waals surface area (Å²) in [6.45, 7) is 8.89. The van der Waals surface area contributed by atoms with Gasteiger partial charge in [0.1, 0.15) is 0 Å². The third-order valence-electron chi connectivity index (χ3n) is 3.43. The number of esters is 1. The quantitative estimate of drug-likeness (QED) is 0.736. The molecule has 0 aliphatic rings. The minimum atomic E-state index is -0.818. The highest BCUT2D eigenvalue weighted by Gasteiger charge is 2.25. The third kappa shape index (κ3) is 4.71. The first-order valence-electron chi connectivity index (χ1n) is 8.05. The molecule has 7 heteroatoms. The molecule has 1 heterocycles. The topological polar surface area (TPSA) is 84.7 Å². The Balaban J connectivity index is 3.41. The lowest BCUT2D eigenvalue weighted by Gasteiger charge is -2.21. The Kier molecular flexibility index (Phi) is 7.06. The van der Waals surface area contributed by atoms with E-state index < -0.39 is 17.3 Å². The zero-order valence-electron chi connectivity index (χ0n) is 14.6. The molecule has 0 aliphatic carbocycles. The molecule has 23 heavy (non-hydrogen) atoms. The number of hydrogen-bond acceptors (Lipinski definition) is 6. The molecule has 1 aromatic heterocycles. The van der Waals surface area contributed by atoms with Crippen molar-refractivity contribution < 1.29 is 14.6 Å². The van der Waals surface area contributed by atoms with Gasteiger partial charge in [-0.05, 0) is 25.7 Å². The van der Waals surface area contributed by atoms with Crippen LogP contribution in [0.1, 0.15) is 50.9 Å². The number of hydrogen-bond donors (Lipinski definition) is 1. The Morgan fingerprint density at radius 2 is 2.04 bits per heavy atom. The van der Waals surface area contributed by atoms with E-state index in [1.54, 1.807) is 18.9 Å². The first-order chi connectivity index (χ1) is 10.8. The average Bonchev–Trinajstić information content (AvgIpc) is 2.46. The van der Waals surface area contributed by atoms with Crippen LogP contribution in [-0.2, 0) is 11.3 Å². The van der Waals surface area contributed by atoms with Crippen molar-refractivity contribution in [3.8, 4) is 5.75 Å². The largest absolute Gasteiger partial charge is 0.503 e. The van der Waals surface area contributed by atoms with Gasteiger partial charge in [-0.25, -0.2) is 9.48 Å². The molecule has 7 nitrogen and oxygen atoms in total. The number of carbonyl (C=O) groups excluding carboxylic acids is 1. The van der Waals surface area contributed by atoms with Gasteiger partial charge in [-0.3, -0.25) is 4.79 Å². The van der Waals surface area contributed by atoms with Crippen LogP contribution in [0.25, 0.3) is 0 Å². The van der Waals surface area contributed by atoms with E-state index in [4.69, 9.17) is 4.74 Å². The summed E-state index contributed by atoms with van der Waals surface area (Å²) in [6, 6.07) is 0. The number of ether oxygens (including phenoxy) is 1. The Bertz CT molecular complexity index is 596. The maximum Gasteiger partial charge on any atom is 0.347 e. The first kappa shape index (κ1) is 19.0. The summed E-state index contributed by atoms with van der Waals surface area (Å²) in [5, 5.41) is 14.6. The van der Waals surface area contributed by atoms with Gasteiger partial charge in [0.15, 0.2) is 17.1 Å². The van der Waals surface area contributed by atoms with Gasteiger partial charge in [-0.1, -0.05) is 20.8 Å². The molecule has 0 unspecified atom stereocenters. The number of aromatic hydroxyl groups is 1. The van der Waals surface area contributed by atoms with Gasteiger partial charge < -0.3 is 14.7 Å². The molecule has 0 spiro atoms. The van der Waals surface area contributed by atoms with Crippen molar-refractivity contribution in [2.75, 3.05) is 25.1 Å². The number of aryl methyl sites for hydroxylation is 1. The van der Waals surface area contributed by atoms with Crippen molar-refractivity contribution in [1.82, 2.24) is 9.78 Å². The van der Waals surface area contributed by atoms with E-state index in [9.17, 15) is 14.7 Å². The fourth-order valence-corrected chi connectivity index (χ4v) is 2.17. The zero-order valence-corrected chi connectivity index (χ0v) is 14.6. The summed E-state index contributed by atoms with van der Waals surface area (Å²) in [5.74, 6) is -0.620. The smallest absolute Gasteiger partial charge is 0.347 e. The SMILES string of the molecule is CCCN(C)c1nn(CCC(C)C)c(=O)c(C(=O)OCC)c1O. The van der Waals surface area contributed by atoms with E-state index in [-0.39, 0.29) is 18.0 Å². The van der Waals surface area contributed by atoms with Crippen molar-refractivity contribution in [3.05, 3.63) is 15.9 Å². The maximum atomic E-state index is 12.5. The highest BCUT2D eigenvalue weighted by molar-refractivity contribution is 5.93. The fraction of sp³-hybridized carbons (Fsp3) is 0.688. The van der Waals surface area contributed by atoms with Crippen LogP contribution in [0.2, 0.25) is 0 Å². The second-order valence-electron chi connectivity index (χ2n) is 5.90. The Hall–Kier alpha value is -2.05.